The molecule has 3 aromatic carbocycles. The van der Waals surface area contributed by atoms with E-state index in [0.717, 1.165) is 28.7 Å². The van der Waals surface area contributed by atoms with E-state index in [9.17, 15) is 4.79 Å². The van der Waals surface area contributed by atoms with E-state index >= 15 is 0 Å². The number of hydrogen-bond donors (Lipinski definition) is 0. The van der Waals surface area contributed by atoms with Gasteiger partial charge in [-0.25, -0.2) is 0 Å². The minimum Gasteiger partial charge on any atom is -0.452 e. The lowest BCUT2D eigenvalue weighted by atomic mass is 10.1. The summed E-state index contributed by atoms with van der Waals surface area (Å²) >= 11 is 6.34. The van der Waals surface area contributed by atoms with E-state index in [0.29, 0.717) is 35.3 Å². The number of fused-ring (bicyclic) bond motifs is 4. The molecule has 1 aliphatic rings. The molecule has 1 amide bonds. The van der Waals surface area contributed by atoms with E-state index in [2.05, 4.69) is 4.90 Å². The van der Waals surface area contributed by atoms with Gasteiger partial charge in [-0.2, -0.15) is 0 Å². The number of halogens is 1. The SMILES string of the molecule is CN(C)CCn1c2c(c3ccc(Cl)cc31)Oc1ccccc1N(Cc1ccccc1)C2=O. The van der Waals surface area contributed by atoms with Gasteiger partial charge < -0.3 is 14.2 Å². The van der Waals surface area contributed by atoms with Crippen molar-refractivity contribution in [3.63, 3.8) is 0 Å². The van der Waals surface area contributed by atoms with Crippen LogP contribution in [0.2, 0.25) is 5.02 Å². The average Bonchev–Trinajstić information content (AvgIpc) is 3.02. The molecule has 0 spiro atoms. The van der Waals surface area contributed by atoms with Crippen LogP contribution in [0.15, 0.2) is 72.8 Å². The topological polar surface area (TPSA) is 37.7 Å². The molecule has 6 heteroatoms. The number of ether oxygens (including phenoxy) is 1. The minimum atomic E-state index is -0.0834. The Morgan fingerprint density at radius 1 is 0.969 bits per heavy atom. The van der Waals surface area contributed by atoms with Crippen molar-refractivity contribution >= 4 is 34.1 Å². The number of rotatable bonds is 5. The molecule has 162 valence electrons. The molecule has 0 radical (unpaired) electrons. The summed E-state index contributed by atoms with van der Waals surface area (Å²) in [6.07, 6.45) is 0. The number of amides is 1. The van der Waals surface area contributed by atoms with Gasteiger partial charge in [-0.3, -0.25) is 9.69 Å². The molecule has 1 aromatic heterocycles. The van der Waals surface area contributed by atoms with Crippen LogP contribution in [0.1, 0.15) is 16.1 Å². The first-order valence-electron chi connectivity index (χ1n) is 10.6. The molecule has 0 fully saturated rings. The van der Waals surface area contributed by atoms with Crippen LogP contribution in [-0.2, 0) is 13.1 Å². The first kappa shape index (κ1) is 20.6. The lowest BCUT2D eigenvalue weighted by Crippen LogP contribution is -2.32. The van der Waals surface area contributed by atoms with E-state index in [1.807, 2.05) is 96.4 Å². The zero-order valence-electron chi connectivity index (χ0n) is 18.1. The predicted octanol–water partition coefficient (Wildman–Crippen LogP) is 5.81. The van der Waals surface area contributed by atoms with E-state index in [1.54, 1.807) is 0 Å². The zero-order chi connectivity index (χ0) is 22.2. The summed E-state index contributed by atoms with van der Waals surface area (Å²) in [6.45, 7) is 1.88. The Balaban J connectivity index is 1.72. The number of nitrogens with zero attached hydrogens (tertiary/aromatic N) is 3. The molecule has 4 aromatic rings. The number of likely N-dealkylation sites (N-methyl/N-ethyl adjacent to an activating group) is 1. The number of anilines is 1. The number of aromatic nitrogens is 1. The first-order valence-corrected chi connectivity index (χ1v) is 11.0. The fourth-order valence-corrected chi connectivity index (χ4v) is 4.34. The smallest absolute Gasteiger partial charge is 0.279 e. The third-order valence-corrected chi connectivity index (χ3v) is 5.99. The van der Waals surface area contributed by atoms with Gasteiger partial charge in [0.2, 0.25) is 0 Å². The molecule has 0 bridgehead atoms. The maximum Gasteiger partial charge on any atom is 0.279 e. The van der Waals surface area contributed by atoms with Gasteiger partial charge in [-0.1, -0.05) is 54.1 Å². The van der Waals surface area contributed by atoms with E-state index < -0.39 is 0 Å². The van der Waals surface area contributed by atoms with Crippen molar-refractivity contribution in [1.82, 2.24) is 9.47 Å². The molecular formula is C26H24ClN3O2. The normalized spacial score (nSPS) is 13.1. The van der Waals surface area contributed by atoms with Crippen molar-refractivity contribution in [1.29, 1.82) is 0 Å². The second-order valence-corrected chi connectivity index (χ2v) is 8.68. The van der Waals surface area contributed by atoms with Crippen LogP contribution in [0.3, 0.4) is 0 Å². The Kier molecular flexibility index (Phi) is 5.37. The van der Waals surface area contributed by atoms with Crippen LogP contribution in [0.5, 0.6) is 11.5 Å². The molecular weight excluding hydrogens is 422 g/mol. The second-order valence-electron chi connectivity index (χ2n) is 8.24. The molecule has 0 aliphatic carbocycles. The van der Waals surface area contributed by atoms with Crippen molar-refractivity contribution in [2.75, 3.05) is 25.5 Å². The third kappa shape index (κ3) is 3.64. The van der Waals surface area contributed by atoms with Crippen LogP contribution in [0.25, 0.3) is 10.9 Å². The fourth-order valence-electron chi connectivity index (χ4n) is 4.18. The van der Waals surface area contributed by atoms with Gasteiger partial charge in [0.1, 0.15) is 0 Å². The average molecular weight is 446 g/mol. The summed E-state index contributed by atoms with van der Waals surface area (Å²) in [5, 5.41) is 1.51. The predicted molar refractivity (Wildman–Crippen MR) is 129 cm³/mol. The Hall–Kier alpha value is -3.28. The Morgan fingerprint density at radius 3 is 2.50 bits per heavy atom. The van der Waals surface area contributed by atoms with Gasteiger partial charge in [0, 0.05) is 23.5 Å². The van der Waals surface area contributed by atoms with Gasteiger partial charge in [-0.15, -0.1) is 0 Å². The lowest BCUT2D eigenvalue weighted by molar-refractivity contribution is 0.0976. The monoisotopic (exact) mass is 445 g/mol. The largest absolute Gasteiger partial charge is 0.452 e. The highest BCUT2D eigenvalue weighted by atomic mass is 35.5. The summed E-state index contributed by atoms with van der Waals surface area (Å²) in [4.78, 5) is 18.0. The number of carbonyl (C=O) groups excluding carboxylic acids is 1. The van der Waals surface area contributed by atoms with E-state index in [4.69, 9.17) is 16.3 Å². The summed E-state index contributed by atoms with van der Waals surface area (Å²) in [6, 6.07) is 23.4. The first-order chi connectivity index (χ1) is 15.5. The Labute approximate surface area is 192 Å². The molecule has 5 nitrogen and oxygen atoms in total. The molecule has 1 aliphatic heterocycles. The molecule has 0 saturated carbocycles. The molecule has 0 N–H and O–H groups in total. The van der Waals surface area contributed by atoms with Crippen molar-refractivity contribution in [3.8, 4) is 11.5 Å². The van der Waals surface area contributed by atoms with Crippen molar-refractivity contribution in [3.05, 3.63) is 89.1 Å². The molecule has 0 saturated heterocycles. The Bertz CT molecular complexity index is 1300. The standard InChI is InChI=1S/C26H24ClN3O2/c1-28(2)14-15-29-22-16-19(27)12-13-20(22)25-24(29)26(31)30(17-18-8-4-3-5-9-18)21-10-6-7-11-23(21)32-25/h3-13,16H,14-15,17H2,1-2H3. The van der Waals surface area contributed by atoms with Gasteiger partial charge >= 0.3 is 0 Å². The van der Waals surface area contributed by atoms with E-state index in [-0.39, 0.29) is 5.91 Å². The van der Waals surface area contributed by atoms with Crippen molar-refractivity contribution in [2.45, 2.75) is 13.1 Å². The van der Waals surface area contributed by atoms with Crippen molar-refractivity contribution < 1.29 is 9.53 Å². The second kappa shape index (κ2) is 8.34. The molecule has 32 heavy (non-hydrogen) atoms. The highest BCUT2D eigenvalue weighted by molar-refractivity contribution is 6.31. The highest BCUT2D eigenvalue weighted by Gasteiger charge is 2.33. The van der Waals surface area contributed by atoms with Gasteiger partial charge in [0.25, 0.3) is 5.91 Å². The van der Waals surface area contributed by atoms with E-state index in [1.165, 1.54) is 0 Å². The van der Waals surface area contributed by atoms with Gasteiger partial charge in [-0.05, 0) is 50.0 Å². The van der Waals surface area contributed by atoms with Crippen LogP contribution in [0, 0.1) is 0 Å². The highest BCUT2D eigenvalue weighted by Crippen LogP contribution is 2.44. The van der Waals surface area contributed by atoms with Gasteiger partial charge in [0.15, 0.2) is 17.2 Å². The summed E-state index contributed by atoms with van der Waals surface area (Å²) in [7, 11) is 4.04. The number of hydrogen-bond acceptors (Lipinski definition) is 3. The maximum absolute atomic E-state index is 14.1. The van der Waals surface area contributed by atoms with Crippen LogP contribution in [0.4, 0.5) is 5.69 Å². The maximum atomic E-state index is 14.1. The summed E-state index contributed by atoms with van der Waals surface area (Å²) < 4.78 is 8.49. The number of carbonyl (C=O) groups is 1. The molecule has 2 heterocycles. The quantitative estimate of drug-likeness (QED) is 0.389. The molecule has 0 atom stereocenters. The van der Waals surface area contributed by atoms with Crippen LogP contribution in [-0.4, -0.2) is 36.0 Å². The summed E-state index contributed by atoms with van der Waals surface area (Å²) in [5.41, 5.74) is 3.27. The lowest BCUT2D eigenvalue weighted by Gasteiger charge is -2.23. The fraction of sp³-hybridized carbons (Fsp3) is 0.192. The summed E-state index contributed by atoms with van der Waals surface area (Å²) in [5.74, 6) is 1.17. The molecule has 5 rings (SSSR count). The van der Waals surface area contributed by atoms with Crippen LogP contribution < -0.4 is 9.64 Å². The Morgan fingerprint density at radius 2 is 1.72 bits per heavy atom. The van der Waals surface area contributed by atoms with Crippen molar-refractivity contribution in [2.24, 2.45) is 0 Å². The van der Waals surface area contributed by atoms with Gasteiger partial charge in [0.05, 0.1) is 17.7 Å². The zero-order valence-corrected chi connectivity index (χ0v) is 18.8. The molecule has 0 unspecified atom stereocenters. The number of benzene rings is 3. The number of para-hydroxylation sites is 2. The minimum absolute atomic E-state index is 0.0834. The van der Waals surface area contributed by atoms with Crippen LogP contribution >= 0.6 is 11.6 Å². The third-order valence-electron chi connectivity index (χ3n) is 5.75.